The number of carbonyl (C=O) groups excluding carboxylic acids is 2. The number of rotatable bonds is 6. The fraction of sp³-hybridized carbons (Fsp3) is 0.333. The average molecular weight is 289 g/mol. The minimum absolute atomic E-state index is 0.128. The van der Waals surface area contributed by atoms with E-state index < -0.39 is 17.8 Å². The second-order valence-electron chi connectivity index (χ2n) is 3.67. The van der Waals surface area contributed by atoms with E-state index in [1.54, 1.807) is 0 Å². The molecule has 0 saturated carbocycles. The minimum atomic E-state index is -4.57. The van der Waals surface area contributed by atoms with E-state index in [2.05, 4.69) is 4.74 Å². The van der Waals surface area contributed by atoms with Crippen LogP contribution in [-0.2, 0) is 4.79 Å². The van der Waals surface area contributed by atoms with Crippen LogP contribution in [0, 0.1) is 0 Å². The van der Waals surface area contributed by atoms with Gasteiger partial charge < -0.3 is 24.1 Å². The first-order valence-electron chi connectivity index (χ1n) is 5.28. The summed E-state index contributed by atoms with van der Waals surface area (Å²) in [5, 5.41) is 10.3. The minimum Gasteiger partial charge on any atom is -0.541 e. The van der Waals surface area contributed by atoms with Gasteiger partial charge in [-0.15, -0.1) is 0 Å². The zero-order chi connectivity index (χ0) is 15.5. The molecule has 0 amide bonds. The summed E-state index contributed by atoms with van der Waals surface area (Å²) < 4.78 is 39.8. The molecule has 0 saturated heterocycles. The molecular formula is C12H11F2O6-. The number of methoxy groups -OCH3 is 2. The predicted molar refractivity (Wildman–Crippen MR) is 60.1 cm³/mol. The van der Waals surface area contributed by atoms with Gasteiger partial charge in [0.25, 0.3) is 0 Å². The molecule has 1 aromatic carbocycles. The highest BCUT2D eigenvalue weighted by Crippen LogP contribution is 2.41. The Morgan fingerprint density at radius 2 is 1.60 bits per heavy atom. The molecule has 0 N–H and O–H groups in total. The number of ether oxygens (including phenoxy) is 3. The third-order valence-electron chi connectivity index (χ3n) is 2.34. The Kier molecular flexibility index (Phi) is 4.49. The first kappa shape index (κ1) is 15.7. The molecule has 0 aromatic heterocycles. The van der Waals surface area contributed by atoms with E-state index >= 15 is 0 Å². The lowest BCUT2D eigenvalue weighted by Crippen LogP contribution is -2.45. The lowest BCUT2D eigenvalue weighted by Gasteiger charge is -2.21. The zero-order valence-electron chi connectivity index (χ0n) is 10.9. The summed E-state index contributed by atoms with van der Waals surface area (Å²) in [4.78, 5) is 21.6. The molecule has 0 radical (unpaired) electrons. The SMILES string of the molecule is COc1cc(C(C)=O)cc(OC)c1OC(F)(F)C(=O)[O-]. The lowest BCUT2D eigenvalue weighted by molar-refractivity contribution is -0.350. The fourth-order valence-corrected chi connectivity index (χ4v) is 1.35. The van der Waals surface area contributed by atoms with E-state index in [0.717, 1.165) is 26.4 Å². The summed E-state index contributed by atoms with van der Waals surface area (Å²) in [5.41, 5.74) is 0.128. The molecule has 0 aliphatic heterocycles. The molecule has 0 fully saturated rings. The van der Waals surface area contributed by atoms with Crippen molar-refractivity contribution in [2.75, 3.05) is 14.2 Å². The van der Waals surface area contributed by atoms with Gasteiger partial charge in [-0.05, 0) is 19.1 Å². The maximum atomic E-state index is 13.1. The second-order valence-corrected chi connectivity index (χ2v) is 3.67. The molecule has 6 nitrogen and oxygen atoms in total. The summed E-state index contributed by atoms with van der Waals surface area (Å²) in [5.74, 6) is -4.25. The Morgan fingerprint density at radius 1 is 1.15 bits per heavy atom. The Bertz CT molecular complexity index is 516. The molecule has 1 rings (SSSR count). The Labute approximate surface area is 112 Å². The summed E-state index contributed by atoms with van der Waals surface area (Å²) in [6, 6.07) is 2.26. The van der Waals surface area contributed by atoms with Gasteiger partial charge in [0.1, 0.15) is 0 Å². The van der Waals surface area contributed by atoms with Gasteiger partial charge in [-0.2, -0.15) is 8.78 Å². The monoisotopic (exact) mass is 289 g/mol. The number of hydrogen-bond donors (Lipinski definition) is 0. The van der Waals surface area contributed by atoms with Crippen LogP contribution in [0.4, 0.5) is 8.78 Å². The van der Waals surface area contributed by atoms with Gasteiger partial charge in [-0.1, -0.05) is 0 Å². The van der Waals surface area contributed by atoms with Crippen molar-refractivity contribution in [3.8, 4) is 17.2 Å². The van der Waals surface area contributed by atoms with E-state index in [1.165, 1.54) is 6.92 Å². The van der Waals surface area contributed by atoms with Crippen molar-refractivity contribution >= 4 is 11.8 Å². The molecule has 1 aromatic rings. The smallest absolute Gasteiger partial charge is 0.441 e. The first-order valence-corrected chi connectivity index (χ1v) is 5.28. The lowest BCUT2D eigenvalue weighted by atomic mass is 10.1. The number of carbonyl (C=O) groups is 2. The number of ketones is 1. The average Bonchev–Trinajstić information content (AvgIpc) is 2.37. The predicted octanol–water partition coefficient (Wildman–Crippen LogP) is 0.628. The Balaban J connectivity index is 3.37. The van der Waals surface area contributed by atoms with Gasteiger partial charge in [0.2, 0.25) is 5.75 Å². The van der Waals surface area contributed by atoms with Crippen molar-refractivity contribution in [3.63, 3.8) is 0 Å². The standard InChI is InChI=1S/C12H12F2O6/c1-6(15)7-4-8(18-2)10(9(5-7)19-3)20-12(13,14)11(16)17/h4-5H,1-3H3,(H,16,17)/p-1. The highest BCUT2D eigenvalue weighted by atomic mass is 19.3. The van der Waals surface area contributed by atoms with E-state index in [4.69, 9.17) is 9.47 Å². The molecule has 0 aliphatic carbocycles. The van der Waals surface area contributed by atoms with Crippen LogP contribution in [0.3, 0.4) is 0 Å². The van der Waals surface area contributed by atoms with Crippen molar-refractivity contribution in [1.82, 2.24) is 0 Å². The molecular weight excluding hydrogens is 278 g/mol. The highest BCUT2D eigenvalue weighted by Gasteiger charge is 2.36. The van der Waals surface area contributed by atoms with Crippen LogP contribution in [-0.4, -0.2) is 32.1 Å². The van der Waals surface area contributed by atoms with E-state index in [1.807, 2.05) is 0 Å². The number of carboxylic acids is 1. The van der Waals surface area contributed by atoms with E-state index in [9.17, 15) is 23.5 Å². The number of aliphatic carboxylic acids is 1. The topological polar surface area (TPSA) is 84.9 Å². The van der Waals surface area contributed by atoms with Gasteiger partial charge in [0, 0.05) is 5.56 Å². The van der Waals surface area contributed by atoms with Crippen LogP contribution in [0.5, 0.6) is 17.2 Å². The molecule has 0 bridgehead atoms. The summed E-state index contributed by atoms with van der Waals surface area (Å²) in [6.07, 6.45) is -4.57. The molecule has 0 heterocycles. The van der Waals surface area contributed by atoms with Crippen LogP contribution in [0.25, 0.3) is 0 Å². The highest BCUT2D eigenvalue weighted by molar-refractivity contribution is 5.95. The molecule has 0 aliphatic rings. The normalized spacial score (nSPS) is 10.8. The van der Waals surface area contributed by atoms with E-state index in [0.29, 0.717) is 0 Å². The third kappa shape index (κ3) is 3.14. The third-order valence-corrected chi connectivity index (χ3v) is 2.34. The number of hydrogen-bond acceptors (Lipinski definition) is 6. The fourth-order valence-electron chi connectivity index (χ4n) is 1.35. The molecule has 0 spiro atoms. The van der Waals surface area contributed by atoms with Gasteiger partial charge in [-0.25, -0.2) is 0 Å². The zero-order valence-corrected chi connectivity index (χ0v) is 10.9. The van der Waals surface area contributed by atoms with Gasteiger partial charge in [0.05, 0.1) is 14.2 Å². The molecule has 20 heavy (non-hydrogen) atoms. The van der Waals surface area contributed by atoms with Crippen molar-refractivity contribution in [2.45, 2.75) is 13.0 Å². The maximum absolute atomic E-state index is 13.1. The summed E-state index contributed by atoms with van der Waals surface area (Å²) in [7, 11) is 2.28. The number of carboxylic acid groups (broad SMARTS) is 1. The summed E-state index contributed by atoms with van der Waals surface area (Å²) >= 11 is 0. The molecule has 110 valence electrons. The van der Waals surface area contributed by atoms with Crippen LogP contribution < -0.4 is 19.3 Å². The second kappa shape index (κ2) is 5.72. The Morgan fingerprint density at radius 3 is 1.90 bits per heavy atom. The molecule has 0 atom stereocenters. The van der Waals surface area contributed by atoms with Crippen molar-refractivity contribution in [3.05, 3.63) is 17.7 Å². The number of benzene rings is 1. The van der Waals surface area contributed by atoms with Crippen LogP contribution >= 0.6 is 0 Å². The molecule has 8 heteroatoms. The van der Waals surface area contributed by atoms with Gasteiger partial charge in [-0.3, -0.25) is 4.79 Å². The van der Waals surface area contributed by atoms with Crippen molar-refractivity contribution in [2.24, 2.45) is 0 Å². The van der Waals surface area contributed by atoms with E-state index in [-0.39, 0.29) is 22.8 Å². The van der Waals surface area contributed by atoms with Crippen LogP contribution in [0.15, 0.2) is 12.1 Å². The van der Waals surface area contributed by atoms with Crippen molar-refractivity contribution < 1.29 is 37.7 Å². The maximum Gasteiger partial charge on any atom is 0.441 e. The van der Waals surface area contributed by atoms with Crippen molar-refractivity contribution in [1.29, 1.82) is 0 Å². The quantitative estimate of drug-likeness (QED) is 0.714. The first-order chi connectivity index (χ1) is 9.22. The van der Waals surface area contributed by atoms with Gasteiger partial charge in [0.15, 0.2) is 23.3 Å². The number of Topliss-reactive ketones (excluding diaryl/α,β-unsaturated/α-hetero) is 1. The van der Waals surface area contributed by atoms with Crippen LogP contribution in [0.2, 0.25) is 0 Å². The van der Waals surface area contributed by atoms with Gasteiger partial charge >= 0.3 is 6.11 Å². The Hall–Kier alpha value is -2.38. The molecule has 0 unspecified atom stereocenters. The number of alkyl halides is 2. The van der Waals surface area contributed by atoms with Crippen LogP contribution in [0.1, 0.15) is 17.3 Å². The largest absolute Gasteiger partial charge is 0.541 e. The number of halogens is 2. The summed E-state index contributed by atoms with van der Waals surface area (Å²) in [6.45, 7) is 1.25.